The van der Waals surface area contributed by atoms with E-state index in [1.165, 1.54) is 0 Å². The van der Waals surface area contributed by atoms with E-state index in [-0.39, 0.29) is 17.7 Å². The molecule has 0 N–H and O–H groups in total. The zero-order chi connectivity index (χ0) is 14.7. The van der Waals surface area contributed by atoms with Gasteiger partial charge in [0.2, 0.25) is 0 Å². The highest BCUT2D eigenvalue weighted by Crippen LogP contribution is 2.23. The molecule has 0 saturated carbocycles. The fraction of sp³-hybridized carbons (Fsp3) is 0.529. The first-order chi connectivity index (χ1) is 9.49. The monoisotopic (exact) mass is 273 g/mol. The maximum Gasteiger partial charge on any atom is 0.254 e. The number of nitrogens with zero attached hydrogens (tertiary/aromatic N) is 1. The second kappa shape index (κ2) is 6.21. The van der Waals surface area contributed by atoms with Crippen LogP contribution in [0.25, 0.3) is 0 Å². The maximum atomic E-state index is 12.7. The highest BCUT2D eigenvalue weighted by molar-refractivity contribution is 5.96. The summed E-state index contributed by atoms with van der Waals surface area (Å²) in [5.41, 5.74) is 2.95. The van der Waals surface area contributed by atoms with Crippen LogP contribution in [-0.2, 0) is 4.79 Å². The minimum atomic E-state index is 0.0773. The van der Waals surface area contributed by atoms with Crippen molar-refractivity contribution in [3.63, 3.8) is 0 Å². The number of likely N-dealkylation sites (tertiary alicyclic amines) is 1. The number of Topliss-reactive ketones (excluding diaryl/α,β-unsaturated/α-hetero) is 1. The number of hydrogen-bond acceptors (Lipinski definition) is 2. The Morgan fingerprint density at radius 1 is 1.25 bits per heavy atom. The van der Waals surface area contributed by atoms with E-state index in [0.717, 1.165) is 42.5 Å². The Bertz CT molecular complexity index is 522. The molecule has 3 nitrogen and oxygen atoms in total. The minimum absolute atomic E-state index is 0.0773. The molecule has 0 aromatic heterocycles. The van der Waals surface area contributed by atoms with Gasteiger partial charge in [0, 0.05) is 24.6 Å². The molecule has 108 valence electrons. The van der Waals surface area contributed by atoms with E-state index in [0.29, 0.717) is 6.42 Å². The third-order valence-corrected chi connectivity index (χ3v) is 4.02. The molecule has 1 fully saturated rings. The summed E-state index contributed by atoms with van der Waals surface area (Å²) in [5.74, 6) is 0.240. The lowest BCUT2D eigenvalue weighted by Gasteiger charge is -2.35. The number of carbonyl (C=O) groups is 2. The molecule has 1 amide bonds. The van der Waals surface area contributed by atoms with Gasteiger partial charge in [-0.1, -0.05) is 17.7 Å². The molecule has 1 unspecified atom stereocenters. The number of rotatable bonds is 3. The Balaban J connectivity index is 2.22. The molecule has 1 aliphatic heterocycles. The molecule has 0 radical (unpaired) electrons. The van der Waals surface area contributed by atoms with Crippen LogP contribution in [0.4, 0.5) is 0 Å². The lowest BCUT2D eigenvalue weighted by atomic mass is 9.95. The van der Waals surface area contributed by atoms with Gasteiger partial charge in [0.25, 0.3) is 5.91 Å². The van der Waals surface area contributed by atoms with E-state index in [1.54, 1.807) is 6.92 Å². The first-order valence-electron chi connectivity index (χ1n) is 7.36. The number of carbonyl (C=O) groups excluding carboxylic acids is 2. The van der Waals surface area contributed by atoms with Gasteiger partial charge in [-0.25, -0.2) is 0 Å². The molecule has 1 atom stereocenters. The zero-order valence-electron chi connectivity index (χ0n) is 12.6. The summed E-state index contributed by atoms with van der Waals surface area (Å²) in [4.78, 5) is 26.0. The molecule has 3 heteroatoms. The van der Waals surface area contributed by atoms with Gasteiger partial charge in [0.15, 0.2) is 0 Å². The summed E-state index contributed by atoms with van der Waals surface area (Å²) >= 11 is 0. The first kappa shape index (κ1) is 14.8. The molecule has 0 aliphatic carbocycles. The summed E-state index contributed by atoms with van der Waals surface area (Å²) in [6, 6.07) is 6.00. The standard InChI is InChI=1S/C17H23NO2/c1-12-7-8-16(13(2)10-12)17(20)18-9-5-4-6-15(18)11-14(3)19/h7-8,10,15H,4-6,9,11H2,1-3H3. The molecule has 2 rings (SSSR count). The predicted molar refractivity (Wildman–Crippen MR) is 79.9 cm³/mol. The number of piperidine rings is 1. The molecule has 20 heavy (non-hydrogen) atoms. The van der Waals surface area contributed by atoms with Gasteiger partial charge in [0.1, 0.15) is 5.78 Å². The number of benzene rings is 1. The first-order valence-corrected chi connectivity index (χ1v) is 7.36. The van der Waals surface area contributed by atoms with Crippen molar-refractivity contribution in [2.24, 2.45) is 0 Å². The SMILES string of the molecule is CC(=O)CC1CCCCN1C(=O)c1ccc(C)cc1C. The van der Waals surface area contributed by atoms with Crippen LogP contribution >= 0.6 is 0 Å². The average molecular weight is 273 g/mol. The van der Waals surface area contributed by atoms with Crippen LogP contribution in [0.3, 0.4) is 0 Å². The molecule has 1 aliphatic rings. The topological polar surface area (TPSA) is 37.4 Å². The van der Waals surface area contributed by atoms with Crippen molar-refractivity contribution >= 4 is 11.7 Å². The van der Waals surface area contributed by atoms with Crippen LogP contribution in [0.2, 0.25) is 0 Å². The third-order valence-electron chi connectivity index (χ3n) is 4.02. The van der Waals surface area contributed by atoms with E-state index in [1.807, 2.05) is 36.9 Å². The Labute approximate surface area is 121 Å². The average Bonchev–Trinajstić information content (AvgIpc) is 2.38. The fourth-order valence-corrected chi connectivity index (χ4v) is 3.02. The van der Waals surface area contributed by atoms with Crippen molar-refractivity contribution in [2.75, 3.05) is 6.54 Å². The summed E-state index contributed by atoms with van der Waals surface area (Å²) in [7, 11) is 0. The van der Waals surface area contributed by atoms with Crippen LogP contribution < -0.4 is 0 Å². The van der Waals surface area contributed by atoms with Gasteiger partial charge in [-0.2, -0.15) is 0 Å². The van der Waals surface area contributed by atoms with Crippen LogP contribution in [0.5, 0.6) is 0 Å². The van der Waals surface area contributed by atoms with Crippen LogP contribution in [0.1, 0.15) is 54.1 Å². The maximum absolute atomic E-state index is 12.7. The smallest absolute Gasteiger partial charge is 0.254 e. The molecular weight excluding hydrogens is 250 g/mol. The molecule has 0 bridgehead atoms. The van der Waals surface area contributed by atoms with Gasteiger partial charge in [-0.15, -0.1) is 0 Å². The third kappa shape index (κ3) is 3.27. The van der Waals surface area contributed by atoms with Crippen molar-refractivity contribution in [1.82, 2.24) is 4.90 Å². The highest BCUT2D eigenvalue weighted by Gasteiger charge is 2.28. The molecule has 1 saturated heterocycles. The lowest BCUT2D eigenvalue weighted by Crippen LogP contribution is -2.44. The molecule has 0 spiro atoms. The van der Waals surface area contributed by atoms with E-state index in [4.69, 9.17) is 0 Å². The number of ketones is 1. The van der Waals surface area contributed by atoms with Crippen molar-refractivity contribution in [1.29, 1.82) is 0 Å². The summed E-state index contributed by atoms with van der Waals surface area (Å²) in [6.45, 7) is 6.38. The van der Waals surface area contributed by atoms with E-state index in [2.05, 4.69) is 0 Å². The summed E-state index contributed by atoms with van der Waals surface area (Å²) in [5, 5.41) is 0. The molecule has 1 heterocycles. The Hall–Kier alpha value is -1.64. The Kier molecular flexibility index (Phi) is 4.58. The fourth-order valence-electron chi connectivity index (χ4n) is 3.02. The molecule has 1 aromatic rings. The highest BCUT2D eigenvalue weighted by atomic mass is 16.2. The summed E-state index contributed by atoms with van der Waals surface area (Å²) in [6.07, 6.45) is 3.56. The molecular formula is C17H23NO2. The van der Waals surface area contributed by atoms with Gasteiger partial charge >= 0.3 is 0 Å². The van der Waals surface area contributed by atoms with Crippen molar-refractivity contribution in [2.45, 2.75) is 52.5 Å². The largest absolute Gasteiger partial charge is 0.335 e. The number of aryl methyl sites for hydroxylation is 2. The van der Waals surface area contributed by atoms with Gasteiger partial charge in [-0.05, 0) is 51.7 Å². The minimum Gasteiger partial charge on any atom is -0.335 e. The Morgan fingerprint density at radius 3 is 2.65 bits per heavy atom. The quantitative estimate of drug-likeness (QED) is 0.847. The van der Waals surface area contributed by atoms with Gasteiger partial charge in [0.05, 0.1) is 0 Å². The lowest BCUT2D eigenvalue weighted by molar-refractivity contribution is -0.118. The normalized spacial score (nSPS) is 18.9. The van der Waals surface area contributed by atoms with Gasteiger partial charge in [-0.3, -0.25) is 9.59 Å². The van der Waals surface area contributed by atoms with Crippen molar-refractivity contribution in [3.8, 4) is 0 Å². The second-order valence-corrected chi connectivity index (χ2v) is 5.87. The number of hydrogen-bond donors (Lipinski definition) is 0. The Morgan fingerprint density at radius 2 is 2.00 bits per heavy atom. The predicted octanol–water partition coefficient (Wildman–Crippen LogP) is 3.28. The second-order valence-electron chi connectivity index (χ2n) is 5.87. The van der Waals surface area contributed by atoms with Crippen LogP contribution in [0.15, 0.2) is 18.2 Å². The summed E-state index contributed by atoms with van der Waals surface area (Å²) < 4.78 is 0. The number of amides is 1. The van der Waals surface area contributed by atoms with E-state index >= 15 is 0 Å². The molecule has 1 aromatic carbocycles. The zero-order valence-corrected chi connectivity index (χ0v) is 12.6. The van der Waals surface area contributed by atoms with E-state index in [9.17, 15) is 9.59 Å². The van der Waals surface area contributed by atoms with Gasteiger partial charge < -0.3 is 4.90 Å². The van der Waals surface area contributed by atoms with Crippen LogP contribution in [-0.4, -0.2) is 29.2 Å². The van der Waals surface area contributed by atoms with Crippen molar-refractivity contribution < 1.29 is 9.59 Å². The van der Waals surface area contributed by atoms with E-state index < -0.39 is 0 Å². The van der Waals surface area contributed by atoms with Crippen molar-refractivity contribution in [3.05, 3.63) is 34.9 Å². The van der Waals surface area contributed by atoms with Crippen LogP contribution in [0, 0.1) is 13.8 Å².